The lowest BCUT2D eigenvalue weighted by Gasteiger charge is -2.05. The maximum atomic E-state index is 13.1. The van der Waals surface area contributed by atoms with Gasteiger partial charge in [-0.05, 0) is 23.8 Å². The highest BCUT2D eigenvalue weighted by Crippen LogP contribution is 2.16. The Morgan fingerprint density at radius 2 is 2.19 bits per heavy atom. The molecule has 0 unspecified atom stereocenters. The van der Waals surface area contributed by atoms with Gasteiger partial charge in [0.2, 0.25) is 0 Å². The molecule has 1 aromatic carbocycles. The van der Waals surface area contributed by atoms with Gasteiger partial charge >= 0.3 is 0 Å². The summed E-state index contributed by atoms with van der Waals surface area (Å²) in [4.78, 5) is 3.99. The first-order chi connectivity index (χ1) is 7.69. The molecule has 0 fully saturated rings. The number of aromatic nitrogens is 3. The zero-order valence-corrected chi connectivity index (χ0v) is 10.5. The third-order valence-electron chi connectivity index (χ3n) is 2.07. The topological polar surface area (TPSA) is 30.7 Å². The molecule has 0 amide bonds. The molecule has 0 aliphatic carbocycles. The van der Waals surface area contributed by atoms with E-state index in [1.54, 1.807) is 4.68 Å². The van der Waals surface area contributed by atoms with Crippen LogP contribution in [-0.4, -0.2) is 14.8 Å². The van der Waals surface area contributed by atoms with Crippen LogP contribution in [0.2, 0.25) is 0 Å². The first kappa shape index (κ1) is 11.5. The van der Waals surface area contributed by atoms with E-state index in [1.807, 2.05) is 6.07 Å². The Balaban J connectivity index is 2.26. The molecule has 0 bridgehead atoms. The highest BCUT2D eigenvalue weighted by Gasteiger charge is 2.05. The fourth-order valence-electron chi connectivity index (χ4n) is 1.40. The molecule has 0 aliphatic heterocycles. The van der Waals surface area contributed by atoms with Crippen LogP contribution in [0.5, 0.6) is 0 Å². The van der Waals surface area contributed by atoms with Gasteiger partial charge in [0.25, 0.3) is 0 Å². The molecule has 6 heteroatoms. The minimum atomic E-state index is -0.281. The normalized spacial score (nSPS) is 10.7. The summed E-state index contributed by atoms with van der Waals surface area (Å²) in [6.07, 6.45) is 1.44. The Morgan fingerprint density at radius 3 is 2.88 bits per heavy atom. The van der Waals surface area contributed by atoms with Crippen molar-refractivity contribution < 1.29 is 4.39 Å². The van der Waals surface area contributed by atoms with Crippen LogP contribution in [0.4, 0.5) is 4.39 Å². The van der Waals surface area contributed by atoms with Gasteiger partial charge in [-0.15, -0.1) is 11.6 Å². The van der Waals surface area contributed by atoms with E-state index in [1.165, 1.54) is 18.5 Å². The number of hydrogen-bond acceptors (Lipinski definition) is 2. The monoisotopic (exact) mass is 303 g/mol. The summed E-state index contributed by atoms with van der Waals surface area (Å²) >= 11 is 8.94. The third kappa shape index (κ3) is 2.59. The number of rotatable bonds is 3. The molecule has 0 spiro atoms. The zero-order valence-electron chi connectivity index (χ0n) is 8.20. The van der Waals surface area contributed by atoms with E-state index in [0.29, 0.717) is 16.8 Å². The molecule has 1 heterocycles. The van der Waals surface area contributed by atoms with E-state index in [0.717, 1.165) is 5.56 Å². The van der Waals surface area contributed by atoms with Crippen molar-refractivity contribution in [3.05, 3.63) is 46.2 Å². The predicted molar refractivity (Wildman–Crippen MR) is 62.8 cm³/mol. The van der Waals surface area contributed by atoms with Crippen LogP contribution in [0.1, 0.15) is 11.4 Å². The van der Waals surface area contributed by atoms with Crippen LogP contribution < -0.4 is 0 Å². The van der Waals surface area contributed by atoms with Crippen molar-refractivity contribution in [3.8, 4) is 0 Å². The van der Waals surface area contributed by atoms with E-state index in [9.17, 15) is 4.39 Å². The van der Waals surface area contributed by atoms with Crippen LogP contribution in [0.25, 0.3) is 0 Å². The van der Waals surface area contributed by atoms with Gasteiger partial charge in [0.05, 0.1) is 12.4 Å². The van der Waals surface area contributed by atoms with Crippen LogP contribution in [0.15, 0.2) is 29.0 Å². The molecule has 16 heavy (non-hydrogen) atoms. The molecule has 0 atom stereocenters. The highest BCUT2D eigenvalue weighted by atomic mass is 79.9. The summed E-state index contributed by atoms with van der Waals surface area (Å²) in [5.74, 6) is 0.676. The first-order valence-corrected chi connectivity index (χ1v) is 5.89. The predicted octanol–water partition coefficient (Wildman–Crippen LogP) is 2.97. The second-order valence-electron chi connectivity index (χ2n) is 3.25. The Labute approximate surface area is 105 Å². The second-order valence-corrected chi connectivity index (χ2v) is 4.43. The number of nitrogens with zero attached hydrogens (tertiary/aromatic N) is 3. The van der Waals surface area contributed by atoms with Crippen molar-refractivity contribution >= 4 is 27.5 Å². The van der Waals surface area contributed by atoms with Gasteiger partial charge in [-0.3, -0.25) is 0 Å². The quantitative estimate of drug-likeness (QED) is 0.816. The first-order valence-electron chi connectivity index (χ1n) is 4.56. The van der Waals surface area contributed by atoms with Gasteiger partial charge in [-0.2, -0.15) is 5.10 Å². The molecule has 1 aromatic heterocycles. The van der Waals surface area contributed by atoms with E-state index in [-0.39, 0.29) is 11.7 Å². The maximum Gasteiger partial charge on any atom is 0.142 e. The lowest BCUT2D eigenvalue weighted by Crippen LogP contribution is -2.06. The van der Waals surface area contributed by atoms with Crippen LogP contribution in [0.3, 0.4) is 0 Å². The summed E-state index contributed by atoms with van der Waals surface area (Å²) in [6.45, 7) is 0.457. The van der Waals surface area contributed by atoms with Crippen molar-refractivity contribution in [2.24, 2.45) is 0 Å². The highest BCUT2D eigenvalue weighted by molar-refractivity contribution is 9.10. The molecule has 0 N–H and O–H groups in total. The lowest BCUT2D eigenvalue weighted by atomic mass is 10.2. The van der Waals surface area contributed by atoms with Crippen LogP contribution >= 0.6 is 27.5 Å². The van der Waals surface area contributed by atoms with Gasteiger partial charge < -0.3 is 0 Å². The molecule has 0 aliphatic rings. The average Bonchev–Trinajstić information content (AvgIpc) is 2.63. The zero-order chi connectivity index (χ0) is 11.5. The van der Waals surface area contributed by atoms with Gasteiger partial charge in [0.15, 0.2) is 0 Å². The minimum Gasteiger partial charge on any atom is -0.244 e. The average molecular weight is 305 g/mol. The fourth-order valence-corrected chi connectivity index (χ4v) is 2.12. The smallest absolute Gasteiger partial charge is 0.142 e. The molecule has 2 aromatic rings. The number of hydrogen-bond donors (Lipinski definition) is 0. The molecular formula is C10H8BrClFN3. The number of benzene rings is 1. The summed E-state index contributed by atoms with van der Waals surface area (Å²) < 4.78 is 15.5. The standard InChI is InChI=1S/C10H8BrClFN3/c11-8-1-7(2-9(13)3-8)5-16-10(4-12)14-6-15-16/h1-3,6H,4-5H2. The molecule has 3 nitrogen and oxygen atoms in total. The molecular weight excluding hydrogens is 296 g/mol. The van der Waals surface area contributed by atoms with Crippen molar-refractivity contribution in [1.29, 1.82) is 0 Å². The Bertz CT molecular complexity index is 480. The second kappa shape index (κ2) is 4.93. The van der Waals surface area contributed by atoms with Crippen molar-refractivity contribution in [2.75, 3.05) is 0 Å². The molecule has 84 valence electrons. The molecule has 2 rings (SSSR count). The van der Waals surface area contributed by atoms with Gasteiger partial charge in [0, 0.05) is 4.47 Å². The van der Waals surface area contributed by atoms with Crippen molar-refractivity contribution in [1.82, 2.24) is 14.8 Å². The van der Waals surface area contributed by atoms with Crippen molar-refractivity contribution in [3.63, 3.8) is 0 Å². The van der Waals surface area contributed by atoms with Crippen molar-refractivity contribution in [2.45, 2.75) is 12.4 Å². The molecule has 0 radical (unpaired) electrons. The largest absolute Gasteiger partial charge is 0.244 e. The van der Waals surface area contributed by atoms with Gasteiger partial charge in [-0.25, -0.2) is 14.1 Å². The number of halogens is 3. The molecule has 0 saturated heterocycles. The molecule has 0 saturated carbocycles. The Hall–Kier alpha value is -0.940. The fraction of sp³-hybridized carbons (Fsp3) is 0.200. The van der Waals surface area contributed by atoms with Gasteiger partial charge in [-0.1, -0.05) is 15.9 Å². The van der Waals surface area contributed by atoms with E-state index in [4.69, 9.17) is 11.6 Å². The maximum absolute atomic E-state index is 13.1. The van der Waals surface area contributed by atoms with E-state index in [2.05, 4.69) is 26.0 Å². The third-order valence-corrected chi connectivity index (χ3v) is 2.77. The Kier molecular flexibility index (Phi) is 3.56. The van der Waals surface area contributed by atoms with E-state index < -0.39 is 0 Å². The number of alkyl halides is 1. The summed E-state index contributed by atoms with van der Waals surface area (Å²) in [6, 6.07) is 4.71. The summed E-state index contributed by atoms with van der Waals surface area (Å²) in [5.41, 5.74) is 0.809. The Morgan fingerprint density at radius 1 is 1.38 bits per heavy atom. The summed E-state index contributed by atoms with van der Waals surface area (Å²) in [7, 11) is 0. The summed E-state index contributed by atoms with van der Waals surface area (Å²) in [5, 5.41) is 4.02. The SMILES string of the molecule is Fc1cc(Br)cc(Cn2ncnc2CCl)c1. The van der Waals surface area contributed by atoms with Crippen LogP contribution in [-0.2, 0) is 12.4 Å². The minimum absolute atomic E-state index is 0.281. The van der Waals surface area contributed by atoms with E-state index >= 15 is 0 Å². The van der Waals surface area contributed by atoms with Gasteiger partial charge in [0.1, 0.15) is 18.0 Å². The van der Waals surface area contributed by atoms with Crippen LogP contribution in [0, 0.1) is 5.82 Å². The lowest BCUT2D eigenvalue weighted by molar-refractivity contribution is 0.614.